The number of rotatable bonds is 3. The van der Waals surface area contributed by atoms with Gasteiger partial charge in [0.15, 0.2) is 0 Å². The van der Waals surface area contributed by atoms with Crippen LogP contribution in [-0.4, -0.2) is 57.5 Å². The van der Waals surface area contributed by atoms with Gasteiger partial charge in [-0.3, -0.25) is 14.7 Å². The zero-order valence-electron chi connectivity index (χ0n) is 15.2. The van der Waals surface area contributed by atoms with Gasteiger partial charge in [-0.15, -0.1) is 0 Å². The third-order valence-electron chi connectivity index (χ3n) is 5.95. The number of aromatic nitrogens is 2. The van der Waals surface area contributed by atoms with Gasteiger partial charge in [-0.2, -0.15) is 5.10 Å². The first-order chi connectivity index (χ1) is 12.0. The standard InChI is InChI=1S/C19H28N4O2/c1-12(2)6-15-8-16(21-20-15)19(25)22-9-13-7-14(11-22)17-4-3-5-18(24)23(17)10-13/h8,12-14,17H,3-7,9-11H2,1-2H3,(H,20,21)/t13-,14+,17+/m1/s1. The van der Waals surface area contributed by atoms with Crippen molar-refractivity contribution in [2.45, 2.75) is 52.0 Å². The van der Waals surface area contributed by atoms with Crippen molar-refractivity contribution >= 4 is 11.8 Å². The first-order valence-corrected chi connectivity index (χ1v) is 9.64. The van der Waals surface area contributed by atoms with E-state index in [-0.39, 0.29) is 5.91 Å². The van der Waals surface area contributed by atoms with Gasteiger partial charge in [0.05, 0.1) is 0 Å². The predicted molar refractivity (Wildman–Crippen MR) is 94.0 cm³/mol. The second-order valence-corrected chi connectivity index (χ2v) is 8.45. The Kier molecular flexibility index (Phi) is 4.29. The number of fused-ring (bicyclic) bond motifs is 4. The summed E-state index contributed by atoms with van der Waals surface area (Å²) in [5, 5.41) is 7.26. The van der Waals surface area contributed by atoms with Crippen molar-refractivity contribution in [1.29, 1.82) is 0 Å². The van der Waals surface area contributed by atoms with E-state index < -0.39 is 0 Å². The molecule has 0 aromatic carbocycles. The van der Waals surface area contributed by atoms with E-state index in [0.29, 0.717) is 41.8 Å². The Morgan fingerprint density at radius 1 is 1.36 bits per heavy atom. The zero-order valence-corrected chi connectivity index (χ0v) is 15.2. The Morgan fingerprint density at radius 2 is 2.20 bits per heavy atom. The van der Waals surface area contributed by atoms with E-state index in [4.69, 9.17) is 0 Å². The van der Waals surface area contributed by atoms with E-state index in [1.54, 1.807) is 0 Å². The highest BCUT2D eigenvalue weighted by molar-refractivity contribution is 5.92. The minimum absolute atomic E-state index is 0.0385. The molecule has 1 aromatic rings. The summed E-state index contributed by atoms with van der Waals surface area (Å²) in [5.41, 5.74) is 1.56. The highest BCUT2D eigenvalue weighted by atomic mass is 16.2. The lowest BCUT2D eigenvalue weighted by Gasteiger charge is -2.52. The minimum atomic E-state index is 0.0385. The molecule has 0 radical (unpaired) electrons. The number of piperidine rings is 3. The van der Waals surface area contributed by atoms with Gasteiger partial charge in [0.2, 0.25) is 5.91 Å². The van der Waals surface area contributed by atoms with E-state index in [9.17, 15) is 9.59 Å². The van der Waals surface area contributed by atoms with Gasteiger partial charge in [0.1, 0.15) is 5.69 Å². The fraction of sp³-hybridized carbons (Fsp3) is 0.737. The quantitative estimate of drug-likeness (QED) is 0.913. The number of likely N-dealkylation sites (tertiary alicyclic amines) is 1. The van der Waals surface area contributed by atoms with Crippen LogP contribution >= 0.6 is 0 Å². The number of hydrogen-bond donors (Lipinski definition) is 1. The average Bonchev–Trinajstić information content (AvgIpc) is 3.03. The Bertz CT molecular complexity index is 668. The second kappa shape index (κ2) is 6.46. The number of aromatic amines is 1. The van der Waals surface area contributed by atoms with Gasteiger partial charge in [-0.05, 0) is 49.5 Å². The molecule has 4 rings (SSSR count). The van der Waals surface area contributed by atoms with Crippen LogP contribution in [0.1, 0.15) is 55.7 Å². The SMILES string of the molecule is CC(C)Cc1cc(C(=O)N2C[C@H]3C[C@@H](C2)[C@@H]2CCCC(=O)N2C3)n[nH]1. The molecule has 6 heteroatoms. The van der Waals surface area contributed by atoms with Crippen LogP contribution < -0.4 is 0 Å². The molecule has 2 amide bonds. The summed E-state index contributed by atoms with van der Waals surface area (Å²) in [6.07, 6.45) is 4.84. The van der Waals surface area contributed by atoms with E-state index in [1.165, 1.54) is 0 Å². The van der Waals surface area contributed by atoms with Crippen molar-refractivity contribution < 1.29 is 9.59 Å². The molecular formula is C19H28N4O2. The topological polar surface area (TPSA) is 69.3 Å². The Labute approximate surface area is 148 Å². The number of amides is 2. The van der Waals surface area contributed by atoms with Crippen molar-refractivity contribution in [3.63, 3.8) is 0 Å². The molecule has 6 nitrogen and oxygen atoms in total. The van der Waals surface area contributed by atoms with Crippen molar-refractivity contribution in [3.8, 4) is 0 Å². The number of carbonyl (C=O) groups excluding carboxylic acids is 2. The molecule has 0 aliphatic carbocycles. The molecule has 4 heterocycles. The van der Waals surface area contributed by atoms with Crippen molar-refractivity contribution in [2.75, 3.05) is 19.6 Å². The van der Waals surface area contributed by atoms with Crippen molar-refractivity contribution in [1.82, 2.24) is 20.0 Å². The normalized spacial score (nSPS) is 29.1. The Balaban J connectivity index is 1.47. The lowest BCUT2D eigenvalue weighted by Crippen LogP contribution is -2.61. The number of hydrogen-bond acceptors (Lipinski definition) is 3. The zero-order chi connectivity index (χ0) is 17.6. The molecule has 1 aromatic heterocycles. The summed E-state index contributed by atoms with van der Waals surface area (Å²) >= 11 is 0. The van der Waals surface area contributed by atoms with Crippen molar-refractivity contribution in [2.24, 2.45) is 17.8 Å². The summed E-state index contributed by atoms with van der Waals surface area (Å²) < 4.78 is 0. The molecule has 3 aliphatic heterocycles. The van der Waals surface area contributed by atoms with Crippen LogP contribution in [0.2, 0.25) is 0 Å². The van der Waals surface area contributed by atoms with E-state index in [0.717, 1.165) is 51.0 Å². The maximum absolute atomic E-state index is 12.9. The minimum Gasteiger partial charge on any atom is -0.339 e. The summed E-state index contributed by atoms with van der Waals surface area (Å²) in [6, 6.07) is 2.24. The number of carbonyl (C=O) groups is 2. The molecule has 2 bridgehead atoms. The van der Waals surface area contributed by atoms with Gasteiger partial charge in [0.25, 0.3) is 5.91 Å². The largest absolute Gasteiger partial charge is 0.339 e. The first-order valence-electron chi connectivity index (χ1n) is 9.64. The van der Waals surface area contributed by atoms with Gasteiger partial charge in [-0.1, -0.05) is 13.8 Å². The molecule has 3 atom stereocenters. The third-order valence-corrected chi connectivity index (χ3v) is 5.95. The van der Waals surface area contributed by atoms with Crippen LogP contribution in [0, 0.1) is 17.8 Å². The number of H-pyrrole nitrogens is 1. The second-order valence-electron chi connectivity index (χ2n) is 8.45. The molecule has 3 saturated heterocycles. The molecule has 0 saturated carbocycles. The fourth-order valence-electron chi connectivity index (χ4n) is 4.95. The lowest BCUT2D eigenvalue weighted by atomic mass is 9.76. The van der Waals surface area contributed by atoms with Gasteiger partial charge in [-0.25, -0.2) is 0 Å². The van der Waals surface area contributed by atoms with E-state index in [1.807, 2.05) is 11.0 Å². The number of nitrogens with one attached hydrogen (secondary N) is 1. The Morgan fingerprint density at radius 3 is 3.00 bits per heavy atom. The van der Waals surface area contributed by atoms with Gasteiger partial charge >= 0.3 is 0 Å². The van der Waals surface area contributed by atoms with Gasteiger partial charge in [0, 0.05) is 37.8 Å². The predicted octanol–water partition coefficient (Wildman–Crippen LogP) is 2.08. The molecule has 0 unspecified atom stereocenters. The molecule has 1 N–H and O–H groups in total. The summed E-state index contributed by atoms with van der Waals surface area (Å²) in [4.78, 5) is 29.2. The molecule has 3 fully saturated rings. The summed E-state index contributed by atoms with van der Waals surface area (Å²) in [6.45, 7) is 6.65. The molecule has 3 aliphatic rings. The Hall–Kier alpha value is -1.85. The summed E-state index contributed by atoms with van der Waals surface area (Å²) in [7, 11) is 0. The smallest absolute Gasteiger partial charge is 0.274 e. The average molecular weight is 344 g/mol. The van der Waals surface area contributed by atoms with E-state index in [2.05, 4.69) is 28.9 Å². The molecular weight excluding hydrogens is 316 g/mol. The lowest BCUT2D eigenvalue weighted by molar-refractivity contribution is -0.144. The monoisotopic (exact) mass is 344 g/mol. The van der Waals surface area contributed by atoms with Crippen LogP contribution in [0.4, 0.5) is 0 Å². The first kappa shape index (κ1) is 16.6. The molecule has 0 spiro atoms. The molecule has 25 heavy (non-hydrogen) atoms. The maximum Gasteiger partial charge on any atom is 0.274 e. The van der Waals surface area contributed by atoms with Crippen LogP contribution in [0.3, 0.4) is 0 Å². The van der Waals surface area contributed by atoms with Crippen LogP contribution in [0.15, 0.2) is 6.07 Å². The van der Waals surface area contributed by atoms with E-state index >= 15 is 0 Å². The highest BCUT2D eigenvalue weighted by Crippen LogP contribution is 2.38. The third kappa shape index (κ3) is 3.18. The number of nitrogens with zero attached hydrogens (tertiary/aromatic N) is 3. The highest BCUT2D eigenvalue weighted by Gasteiger charge is 2.45. The van der Waals surface area contributed by atoms with Crippen LogP contribution in [0.5, 0.6) is 0 Å². The van der Waals surface area contributed by atoms with Crippen LogP contribution in [0.25, 0.3) is 0 Å². The van der Waals surface area contributed by atoms with Gasteiger partial charge < -0.3 is 9.80 Å². The molecule has 136 valence electrons. The van der Waals surface area contributed by atoms with Crippen molar-refractivity contribution in [3.05, 3.63) is 17.5 Å². The summed E-state index contributed by atoms with van der Waals surface area (Å²) in [5.74, 6) is 1.73. The van der Waals surface area contributed by atoms with Crippen LogP contribution in [-0.2, 0) is 11.2 Å². The fourth-order valence-corrected chi connectivity index (χ4v) is 4.95. The maximum atomic E-state index is 12.9.